The third-order valence-corrected chi connectivity index (χ3v) is 3.60. The van der Waals surface area contributed by atoms with Crippen LogP contribution in [0.25, 0.3) is 0 Å². The van der Waals surface area contributed by atoms with Gasteiger partial charge in [-0.2, -0.15) is 5.10 Å². The van der Waals surface area contributed by atoms with Gasteiger partial charge in [-0.1, -0.05) is 0 Å². The normalized spacial score (nSPS) is 12.7. The van der Waals surface area contributed by atoms with Crippen molar-refractivity contribution in [3.8, 4) is 0 Å². The van der Waals surface area contributed by atoms with Gasteiger partial charge in [0, 0.05) is 18.8 Å². The molecular weight excluding hydrogens is 316 g/mol. The van der Waals surface area contributed by atoms with Gasteiger partial charge >= 0.3 is 0 Å². The number of nitrogens with zero attached hydrogens (tertiary/aromatic N) is 2. The maximum atomic E-state index is 13.9. The van der Waals surface area contributed by atoms with Crippen molar-refractivity contribution in [1.29, 1.82) is 0 Å². The van der Waals surface area contributed by atoms with E-state index in [9.17, 15) is 8.78 Å². The van der Waals surface area contributed by atoms with Gasteiger partial charge in [-0.3, -0.25) is 4.68 Å². The highest BCUT2D eigenvalue weighted by atomic mass is 79.9. The molecule has 1 unspecified atom stereocenters. The van der Waals surface area contributed by atoms with E-state index in [0.29, 0.717) is 0 Å². The van der Waals surface area contributed by atoms with Crippen LogP contribution in [0.5, 0.6) is 0 Å². The molecule has 0 spiro atoms. The molecule has 0 bridgehead atoms. The van der Waals surface area contributed by atoms with Gasteiger partial charge in [0.25, 0.3) is 0 Å². The molecule has 3 nitrogen and oxygen atoms in total. The third-order valence-electron chi connectivity index (χ3n) is 2.99. The minimum Gasteiger partial charge on any atom is -0.311 e. The summed E-state index contributed by atoms with van der Waals surface area (Å²) in [5.41, 5.74) is 0.808. The molecule has 0 radical (unpaired) electrons. The van der Waals surface area contributed by atoms with Crippen molar-refractivity contribution in [1.82, 2.24) is 15.1 Å². The summed E-state index contributed by atoms with van der Waals surface area (Å²) in [4.78, 5) is 0. The van der Waals surface area contributed by atoms with E-state index >= 15 is 0 Å². The van der Waals surface area contributed by atoms with Crippen LogP contribution in [0.1, 0.15) is 17.3 Å². The molecule has 0 aliphatic rings. The fraction of sp³-hybridized carbons (Fsp3) is 0.308. The van der Waals surface area contributed by atoms with Gasteiger partial charge in [0.1, 0.15) is 11.6 Å². The van der Waals surface area contributed by atoms with E-state index in [1.54, 1.807) is 25.0 Å². The Morgan fingerprint density at radius 3 is 2.68 bits per heavy atom. The molecule has 0 aliphatic carbocycles. The Kier molecular flexibility index (Phi) is 4.31. The van der Waals surface area contributed by atoms with Crippen LogP contribution in [-0.4, -0.2) is 16.8 Å². The molecule has 2 rings (SSSR count). The number of hydrogen-bond acceptors (Lipinski definition) is 2. The summed E-state index contributed by atoms with van der Waals surface area (Å²) in [6.07, 6.45) is 2.00. The Bertz CT molecular complexity index is 583. The van der Waals surface area contributed by atoms with Gasteiger partial charge in [0.15, 0.2) is 0 Å². The molecule has 1 N–H and O–H groups in total. The van der Waals surface area contributed by atoms with Crippen molar-refractivity contribution >= 4 is 15.9 Å². The minimum atomic E-state index is -0.559. The lowest BCUT2D eigenvalue weighted by Crippen LogP contribution is -2.21. The first-order valence-electron chi connectivity index (χ1n) is 5.82. The SMILES string of the molecule is CNC(Cc1c(F)ccc(Br)c1F)c1ccn(C)n1. The quantitative estimate of drug-likeness (QED) is 0.874. The van der Waals surface area contributed by atoms with E-state index in [1.165, 1.54) is 12.1 Å². The molecule has 0 saturated carbocycles. The van der Waals surface area contributed by atoms with Gasteiger partial charge < -0.3 is 5.32 Å². The molecule has 102 valence electrons. The Morgan fingerprint density at radius 1 is 1.37 bits per heavy atom. The number of likely N-dealkylation sites (N-methyl/N-ethyl adjacent to an activating group) is 1. The molecule has 0 aliphatic heterocycles. The summed E-state index contributed by atoms with van der Waals surface area (Å²) in [6, 6.07) is 4.21. The number of aromatic nitrogens is 2. The second kappa shape index (κ2) is 5.79. The molecule has 1 heterocycles. The number of nitrogens with one attached hydrogen (secondary N) is 1. The summed E-state index contributed by atoms with van der Waals surface area (Å²) in [6.45, 7) is 0. The number of benzene rings is 1. The summed E-state index contributed by atoms with van der Waals surface area (Å²) < 4.78 is 29.6. The predicted octanol–water partition coefficient (Wildman–Crippen LogP) is 2.96. The Balaban J connectivity index is 2.31. The topological polar surface area (TPSA) is 29.9 Å². The molecule has 6 heteroatoms. The Morgan fingerprint density at radius 2 is 2.11 bits per heavy atom. The molecule has 0 amide bonds. The van der Waals surface area contributed by atoms with Crippen LogP contribution in [0.2, 0.25) is 0 Å². The van der Waals surface area contributed by atoms with Gasteiger partial charge in [-0.05, 0) is 47.6 Å². The third kappa shape index (κ3) is 3.01. The van der Waals surface area contributed by atoms with Gasteiger partial charge in [0.05, 0.1) is 16.2 Å². The van der Waals surface area contributed by atoms with Crippen molar-refractivity contribution in [3.63, 3.8) is 0 Å². The molecule has 0 saturated heterocycles. The molecule has 19 heavy (non-hydrogen) atoms. The average Bonchev–Trinajstić information content (AvgIpc) is 2.81. The highest BCUT2D eigenvalue weighted by Crippen LogP contribution is 2.25. The monoisotopic (exact) mass is 329 g/mol. The standard InChI is InChI=1S/C13H14BrF2N3/c1-17-12(11-5-6-19(2)18-11)7-8-10(15)4-3-9(14)13(8)16/h3-6,12,17H,7H2,1-2H3. The largest absolute Gasteiger partial charge is 0.311 e. The fourth-order valence-corrected chi connectivity index (χ4v) is 2.31. The Labute approximate surface area is 118 Å². The van der Waals surface area contributed by atoms with Crippen molar-refractivity contribution < 1.29 is 8.78 Å². The van der Waals surface area contributed by atoms with Crippen LogP contribution < -0.4 is 5.32 Å². The smallest absolute Gasteiger partial charge is 0.143 e. The van der Waals surface area contributed by atoms with Crippen LogP contribution in [0.3, 0.4) is 0 Å². The van der Waals surface area contributed by atoms with Crippen LogP contribution >= 0.6 is 15.9 Å². The van der Waals surface area contributed by atoms with Crippen molar-refractivity contribution in [2.45, 2.75) is 12.5 Å². The summed E-state index contributed by atoms with van der Waals surface area (Å²) in [7, 11) is 3.55. The molecular formula is C13H14BrF2N3. The van der Waals surface area contributed by atoms with E-state index in [-0.39, 0.29) is 22.5 Å². The average molecular weight is 330 g/mol. The summed E-state index contributed by atoms with van der Waals surface area (Å²) in [5, 5.41) is 7.29. The summed E-state index contributed by atoms with van der Waals surface area (Å²) in [5.74, 6) is -1.10. The lowest BCUT2D eigenvalue weighted by atomic mass is 10.0. The zero-order chi connectivity index (χ0) is 14.0. The van der Waals surface area contributed by atoms with E-state index in [2.05, 4.69) is 26.3 Å². The molecule has 2 aromatic rings. The first-order valence-corrected chi connectivity index (χ1v) is 6.61. The minimum absolute atomic E-state index is 0.0550. The highest BCUT2D eigenvalue weighted by molar-refractivity contribution is 9.10. The number of rotatable bonds is 4. The predicted molar refractivity (Wildman–Crippen MR) is 72.8 cm³/mol. The number of hydrogen-bond donors (Lipinski definition) is 1. The van der Waals surface area contributed by atoms with E-state index in [1.807, 2.05) is 6.07 Å². The molecule has 0 fully saturated rings. The zero-order valence-electron chi connectivity index (χ0n) is 10.6. The van der Waals surface area contributed by atoms with Crippen molar-refractivity contribution in [3.05, 3.63) is 51.8 Å². The lowest BCUT2D eigenvalue weighted by molar-refractivity contribution is 0.503. The molecule has 1 aromatic heterocycles. The van der Waals surface area contributed by atoms with Crippen molar-refractivity contribution in [2.24, 2.45) is 7.05 Å². The van der Waals surface area contributed by atoms with Gasteiger partial charge in [-0.25, -0.2) is 8.78 Å². The van der Waals surface area contributed by atoms with Crippen LogP contribution in [0, 0.1) is 11.6 Å². The second-order valence-electron chi connectivity index (χ2n) is 4.28. The Hall–Kier alpha value is -1.27. The van der Waals surface area contributed by atoms with Crippen LogP contribution in [-0.2, 0) is 13.5 Å². The van der Waals surface area contributed by atoms with Crippen LogP contribution in [0.4, 0.5) is 8.78 Å². The molecule has 1 atom stereocenters. The maximum Gasteiger partial charge on any atom is 0.143 e. The zero-order valence-corrected chi connectivity index (χ0v) is 12.2. The van der Waals surface area contributed by atoms with E-state index in [4.69, 9.17) is 0 Å². The van der Waals surface area contributed by atoms with E-state index < -0.39 is 11.6 Å². The number of halogens is 3. The van der Waals surface area contributed by atoms with Gasteiger partial charge in [-0.15, -0.1) is 0 Å². The lowest BCUT2D eigenvalue weighted by Gasteiger charge is -2.15. The summed E-state index contributed by atoms with van der Waals surface area (Å²) >= 11 is 3.07. The first kappa shape index (κ1) is 14.1. The van der Waals surface area contributed by atoms with Gasteiger partial charge in [0.2, 0.25) is 0 Å². The first-order chi connectivity index (χ1) is 9.02. The van der Waals surface area contributed by atoms with Crippen LogP contribution in [0.15, 0.2) is 28.9 Å². The maximum absolute atomic E-state index is 13.9. The fourth-order valence-electron chi connectivity index (χ4n) is 1.93. The highest BCUT2D eigenvalue weighted by Gasteiger charge is 2.19. The second-order valence-corrected chi connectivity index (χ2v) is 5.14. The van der Waals surface area contributed by atoms with E-state index in [0.717, 1.165) is 5.69 Å². The number of aryl methyl sites for hydroxylation is 1. The molecule has 1 aromatic carbocycles. The van der Waals surface area contributed by atoms with Crippen molar-refractivity contribution in [2.75, 3.05) is 7.05 Å².